The second-order valence-corrected chi connectivity index (χ2v) is 7.77. The molecule has 1 unspecified atom stereocenters. The van der Waals surface area contributed by atoms with Crippen LogP contribution < -0.4 is 69.7 Å². The molecule has 1 atom stereocenters. The second-order valence-electron chi connectivity index (χ2n) is 7.77. The largest absolute Gasteiger partial charge is 1.00 e. The van der Waals surface area contributed by atoms with Crippen molar-refractivity contribution < 1.29 is 81.1 Å². The minimum absolute atomic E-state index is 0. The molecular weight excluding hydrogens is 462 g/mol. The number of amides is 4. The third kappa shape index (κ3) is 11.3. The Hall–Kier alpha value is -0.990. The summed E-state index contributed by atoms with van der Waals surface area (Å²) in [6, 6.07) is 20.1. The molecule has 0 saturated carbocycles. The molecule has 2 aromatic rings. The topological polar surface area (TPSA) is 84.5 Å². The molecule has 1 aliphatic heterocycles. The number of carbonyl (C=O) groups excluding carboxylic acids is 3. The van der Waals surface area contributed by atoms with Gasteiger partial charge in [0, 0.05) is 13.2 Å². The van der Waals surface area contributed by atoms with Crippen LogP contribution >= 0.6 is 0 Å². The van der Waals surface area contributed by atoms with E-state index in [2.05, 4.69) is 59.2 Å². The van der Waals surface area contributed by atoms with Crippen molar-refractivity contribution in [3.63, 3.8) is 0 Å². The maximum atomic E-state index is 11.9. The first-order valence-corrected chi connectivity index (χ1v) is 11.7. The number of imide groups is 2. The summed E-state index contributed by atoms with van der Waals surface area (Å²) in [4.78, 5) is 34.8. The molecule has 1 heterocycles. The van der Waals surface area contributed by atoms with E-state index in [9.17, 15) is 14.4 Å². The summed E-state index contributed by atoms with van der Waals surface area (Å²) in [6.07, 6.45) is 2.08. The number of benzene rings is 2. The predicted molar refractivity (Wildman–Crippen MR) is 135 cm³/mol. The van der Waals surface area contributed by atoms with Gasteiger partial charge in [0.05, 0.1) is 0 Å². The molecule has 0 bridgehead atoms. The molecular formula is C27H40N2Na2O4. The first-order chi connectivity index (χ1) is 15.9. The maximum absolute atomic E-state index is 11.9. The van der Waals surface area contributed by atoms with Gasteiger partial charge in [0.1, 0.15) is 5.41 Å². The molecule has 2 aromatic carbocycles. The number of carbonyl (C=O) groups is 3. The fourth-order valence-electron chi connectivity index (χ4n) is 3.83. The van der Waals surface area contributed by atoms with Crippen LogP contribution in [0, 0.1) is 11.3 Å². The van der Waals surface area contributed by atoms with Crippen molar-refractivity contribution in [1.29, 1.82) is 0 Å². The van der Waals surface area contributed by atoms with Gasteiger partial charge >= 0.3 is 65.1 Å². The summed E-state index contributed by atoms with van der Waals surface area (Å²) in [5.74, 6) is -1.01. The number of rotatable bonds is 7. The molecule has 4 amide bonds. The Labute approximate surface area is 257 Å². The molecule has 0 radical (unpaired) electrons. The Kier molecular flexibility index (Phi) is 20.8. The average molecular weight is 503 g/mol. The van der Waals surface area contributed by atoms with E-state index in [-0.39, 0.29) is 67.9 Å². The van der Waals surface area contributed by atoms with E-state index in [0.717, 1.165) is 26.1 Å². The molecule has 1 saturated heterocycles. The zero-order valence-corrected chi connectivity index (χ0v) is 26.5. The van der Waals surface area contributed by atoms with Crippen LogP contribution in [0.25, 0.3) is 11.1 Å². The minimum Gasteiger partial charge on any atom is -1.00 e. The van der Waals surface area contributed by atoms with Gasteiger partial charge in [-0.25, -0.2) is 4.79 Å². The van der Waals surface area contributed by atoms with Gasteiger partial charge in [-0.1, -0.05) is 87.9 Å². The standard InChI is InChI=1S/C12H10.C11H18N2O3.C4H10O.2Na.2H/c1-3-7-11(8-4-1)12-9-5-2-6-10-12;1-4-6-7(3)11(5-2)8(14)12-10(16)13-9(11)15;1-3-5-4-2;;;;/h1-10H;7H,4-6H2,1-3H3,(H2,12,13,14,15,16);3-4H2,1-2H3;;;;/q;;;2*+1;2*-1. The fourth-order valence-corrected chi connectivity index (χ4v) is 3.83. The molecule has 35 heavy (non-hydrogen) atoms. The number of ether oxygens (including phenoxy) is 1. The van der Waals surface area contributed by atoms with Crippen molar-refractivity contribution >= 4 is 17.8 Å². The van der Waals surface area contributed by atoms with Crippen molar-refractivity contribution in [2.45, 2.75) is 53.9 Å². The summed E-state index contributed by atoms with van der Waals surface area (Å²) in [6.45, 7) is 11.3. The first-order valence-electron chi connectivity index (χ1n) is 11.7. The van der Waals surface area contributed by atoms with Crippen LogP contribution in [-0.2, 0) is 14.3 Å². The van der Waals surface area contributed by atoms with E-state index >= 15 is 0 Å². The summed E-state index contributed by atoms with van der Waals surface area (Å²) in [7, 11) is 0. The van der Waals surface area contributed by atoms with E-state index in [1.54, 1.807) is 6.92 Å². The van der Waals surface area contributed by atoms with Crippen molar-refractivity contribution in [1.82, 2.24) is 10.6 Å². The van der Waals surface area contributed by atoms with Gasteiger partial charge in [0.25, 0.3) is 0 Å². The molecule has 8 heteroatoms. The van der Waals surface area contributed by atoms with Crippen molar-refractivity contribution in [3.05, 3.63) is 60.7 Å². The van der Waals surface area contributed by atoms with E-state index in [4.69, 9.17) is 4.74 Å². The summed E-state index contributed by atoms with van der Waals surface area (Å²) in [5.41, 5.74) is 1.46. The summed E-state index contributed by atoms with van der Waals surface area (Å²) in [5, 5.41) is 4.36. The first kappa shape index (κ1) is 36.2. The predicted octanol–water partition coefficient (Wildman–Crippen LogP) is -0.186. The summed E-state index contributed by atoms with van der Waals surface area (Å²) >= 11 is 0. The van der Waals surface area contributed by atoms with Gasteiger partial charge in [-0.05, 0) is 43.7 Å². The Bertz CT molecular complexity index is 816. The molecule has 2 N–H and O–H groups in total. The third-order valence-corrected chi connectivity index (χ3v) is 5.67. The molecule has 1 aliphatic rings. The molecule has 0 aromatic heterocycles. The average Bonchev–Trinajstić information content (AvgIpc) is 2.82. The van der Waals surface area contributed by atoms with Crippen LogP contribution in [0.15, 0.2) is 60.7 Å². The monoisotopic (exact) mass is 502 g/mol. The quantitative estimate of drug-likeness (QED) is 0.406. The number of hydrogen-bond donors (Lipinski definition) is 2. The van der Waals surface area contributed by atoms with Gasteiger partial charge in [-0.15, -0.1) is 0 Å². The Balaban J connectivity index is -0.000000232. The van der Waals surface area contributed by atoms with Crippen LogP contribution in [0.3, 0.4) is 0 Å². The van der Waals surface area contributed by atoms with Crippen LogP contribution in [0.4, 0.5) is 4.79 Å². The van der Waals surface area contributed by atoms with Crippen molar-refractivity contribution in [2.24, 2.45) is 11.3 Å². The number of urea groups is 1. The third-order valence-electron chi connectivity index (χ3n) is 5.67. The van der Waals surface area contributed by atoms with Gasteiger partial charge in [-0.2, -0.15) is 0 Å². The van der Waals surface area contributed by atoms with Crippen LogP contribution in [0.5, 0.6) is 0 Å². The van der Waals surface area contributed by atoms with Gasteiger partial charge in [-0.3, -0.25) is 20.2 Å². The molecule has 6 nitrogen and oxygen atoms in total. The zero-order valence-electron chi connectivity index (χ0n) is 24.5. The molecule has 3 rings (SSSR count). The van der Waals surface area contributed by atoms with Gasteiger partial charge in [0.2, 0.25) is 11.8 Å². The Morgan fingerprint density at radius 3 is 1.46 bits per heavy atom. The molecule has 0 aliphatic carbocycles. The van der Waals surface area contributed by atoms with Crippen LogP contribution in [0.2, 0.25) is 0 Å². The minimum atomic E-state index is -1.09. The van der Waals surface area contributed by atoms with E-state index in [0.29, 0.717) is 6.42 Å². The molecule has 0 spiro atoms. The van der Waals surface area contributed by atoms with Crippen LogP contribution in [-0.4, -0.2) is 31.1 Å². The van der Waals surface area contributed by atoms with Crippen molar-refractivity contribution in [3.8, 4) is 11.1 Å². The number of barbiturate groups is 1. The van der Waals surface area contributed by atoms with Gasteiger partial charge < -0.3 is 7.59 Å². The summed E-state index contributed by atoms with van der Waals surface area (Å²) < 4.78 is 4.83. The molecule has 1 fully saturated rings. The van der Waals surface area contributed by atoms with E-state index in [1.807, 2.05) is 39.8 Å². The maximum Gasteiger partial charge on any atom is 1.00 e. The van der Waals surface area contributed by atoms with Crippen molar-refractivity contribution in [2.75, 3.05) is 13.2 Å². The fraction of sp³-hybridized carbons (Fsp3) is 0.444. The second kappa shape index (κ2) is 20.1. The normalized spacial score (nSPS) is 14.3. The Morgan fingerprint density at radius 1 is 0.771 bits per heavy atom. The SMILES string of the molecule is CCCC(C)C1(CC)C(=O)NC(=O)NC1=O.CCOCC.[H-].[H-].[Na+].[Na+].c1ccc(-c2ccccc2)cc1. The van der Waals surface area contributed by atoms with E-state index < -0.39 is 23.3 Å². The number of hydrogen-bond acceptors (Lipinski definition) is 4. The number of nitrogens with one attached hydrogen (secondary N) is 2. The molecule has 184 valence electrons. The van der Waals surface area contributed by atoms with Gasteiger partial charge in [0.15, 0.2) is 0 Å². The van der Waals surface area contributed by atoms with E-state index in [1.165, 1.54) is 11.1 Å². The zero-order chi connectivity index (χ0) is 24.7. The smallest absolute Gasteiger partial charge is 1.00 e. The Morgan fingerprint density at radius 2 is 1.17 bits per heavy atom. The van der Waals surface area contributed by atoms with Crippen LogP contribution in [0.1, 0.15) is 56.7 Å².